The number of thiophene rings is 1. The van der Waals surface area contributed by atoms with Gasteiger partial charge in [-0.2, -0.15) is 4.31 Å². The second-order valence-corrected chi connectivity index (χ2v) is 11.2. The molecule has 1 saturated heterocycles. The first kappa shape index (κ1) is 21.5. The predicted molar refractivity (Wildman–Crippen MR) is 115 cm³/mol. The number of nitrogens with zero attached hydrogens (tertiary/aromatic N) is 3. The molecular formula is C21H29N3O4S2. The highest BCUT2D eigenvalue weighted by Crippen LogP contribution is 2.30. The van der Waals surface area contributed by atoms with Crippen molar-refractivity contribution in [2.75, 3.05) is 26.2 Å². The Morgan fingerprint density at radius 3 is 2.53 bits per heavy atom. The van der Waals surface area contributed by atoms with E-state index < -0.39 is 10.0 Å². The quantitative estimate of drug-likeness (QED) is 0.713. The largest absolute Gasteiger partial charge is 0.360 e. The minimum Gasteiger partial charge on any atom is -0.360 e. The Balaban J connectivity index is 1.48. The lowest BCUT2D eigenvalue weighted by Crippen LogP contribution is -2.37. The maximum atomic E-state index is 13.2. The molecule has 3 heterocycles. The molecule has 0 atom stereocenters. The minimum atomic E-state index is -3.69. The third kappa shape index (κ3) is 4.20. The number of hydrogen-bond donors (Lipinski definition) is 0. The molecule has 0 bridgehead atoms. The van der Waals surface area contributed by atoms with Crippen molar-refractivity contribution in [2.24, 2.45) is 0 Å². The fraction of sp³-hybridized carbons (Fsp3) is 0.619. The van der Waals surface area contributed by atoms with E-state index in [-0.39, 0.29) is 17.3 Å². The van der Waals surface area contributed by atoms with Crippen LogP contribution in [0, 0.1) is 13.8 Å². The van der Waals surface area contributed by atoms with Crippen molar-refractivity contribution in [3.8, 4) is 0 Å². The lowest BCUT2D eigenvalue weighted by molar-refractivity contribution is 0.0769. The topological polar surface area (TPSA) is 83.7 Å². The van der Waals surface area contributed by atoms with Crippen molar-refractivity contribution in [3.63, 3.8) is 0 Å². The number of carbonyl (C=O) groups is 1. The summed E-state index contributed by atoms with van der Waals surface area (Å²) in [5.41, 5.74) is 1.71. The van der Waals surface area contributed by atoms with Crippen LogP contribution in [0.25, 0.3) is 0 Å². The fourth-order valence-electron chi connectivity index (χ4n) is 4.41. The van der Waals surface area contributed by atoms with Gasteiger partial charge in [-0.1, -0.05) is 18.0 Å². The molecule has 9 heteroatoms. The Kier molecular flexibility index (Phi) is 6.31. The zero-order valence-electron chi connectivity index (χ0n) is 17.6. The molecule has 7 nitrogen and oxygen atoms in total. The molecule has 2 aromatic rings. The Labute approximate surface area is 182 Å². The zero-order chi connectivity index (χ0) is 21.3. The lowest BCUT2D eigenvalue weighted by Gasteiger charge is -2.21. The first-order valence-electron chi connectivity index (χ1n) is 10.7. The summed E-state index contributed by atoms with van der Waals surface area (Å²) in [7, 11) is -3.69. The van der Waals surface area contributed by atoms with E-state index in [1.54, 1.807) is 25.2 Å². The molecule has 0 aromatic carbocycles. The Morgan fingerprint density at radius 2 is 1.80 bits per heavy atom. The number of sulfonamides is 1. The van der Waals surface area contributed by atoms with Gasteiger partial charge in [0.15, 0.2) is 5.76 Å². The van der Waals surface area contributed by atoms with Gasteiger partial charge in [-0.05, 0) is 57.6 Å². The molecular weight excluding hydrogens is 422 g/mol. The van der Waals surface area contributed by atoms with Crippen molar-refractivity contribution < 1.29 is 17.7 Å². The summed E-state index contributed by atoms with van der Waals surface area (Å²) in [6.45, 7) is 4.88. The highest BCUT2D eigenvalue weighted by Gasteiger charge is 2.33. The monoisotopic (exact) mass is 451 g/mol. The van der Waals surface area contributed by atoms with Gasteiger partial charge < -0.3 is 9.42 Å². The molecule has 164 valence electrons. The van der Waals surface area contributed by atoms with Crippen LogP contribution in [-0.2, 0) is 22.9 Å². The molecule has 0 saturated carbocycles. The third-order valence-electron chi connectivity index (χ3n) is 6.02. The molecule has 1 aliphatic heterocycles. The van der Waals surface area contributed by atoms with Crippen LogP contribution in [0.3, 0.4) is 0 Å². The molecule has 0 spiro atoms. The van der Waals surface area contributed by atoms with Crippen LogP contribution < -0.4 is 0 Å². The first-order chi connectivity index (χ1) is 14.4. The molecule has 4 rings (SSSR count). The fourth-order valence-corrected chi connectivity index (χ4v) is 7.40. The van der Waals surface area contributed by atoms with Crippen molar-refractivity contribution >= 4 is 27.3 Å². The molecule has 2 aliphatic rings. The number of carbonyl (C=O) groups excluding carboxylic acids is 1. The normalized spacial score (nSPS) is 19.1. The SMILES string of the molecule is Cc1noc(C)c1S(=O)(=O)N1CCCN(C(=O)c2cc3c(s2)CCCCCC3)CC1. The summed E-state index contributed by atoms with van der Waals surface area (Å²) in [5, 5.41) is 3.78. The maximum absolute atomic E-state index is 13.2. The molecule has 1 fully saturated rings. The molecule has 2 aromatic heterocycles. The summed E-state index contributed by atoms with van der Waals surface area (Å²) in [6.07, 6.45) is 7.65. The van der Waals surface area contributed by atoms with Gasteiger partial charge in [0.25, 0.3) is 5.91 Å². The predicted octanol–water partition coefficient (Wildman–Crippen LogP) is 3.55. The van der Waals surface area contributed by atoms with Crippen LogP contribution in [0.4, 0.5) is 0 Å². The summed E-state index contributed by atoms with van der Waals surface area (Å²) in [6, 6.07) is 2.08. The van der Waals surface area contributed by atoms with Gasteiger partial charge in [0.1, 0.15) is 10.6 Å². The van der Waals surface area contributed by atoms with E-state index in [9.17, 15) is 13.2 Å². The average molecular weight is 452 g/mol. The van der Waals surface area contributed by atoms with Gasteiger partial charge in [-0.3, -0.25) is 4.79 Å². The van der Waals surface area contributed by atoms with E-state index in [1.165, 1.54) is 40.4 Å². The molecule has 30 heavy (non-hydrogen) atoms. The van der Waals surface area contributed by atoms with Crippen LogP contribution in [-0.4, -0.2) is 54.9 Å². The highest BCUT2D eigenvalue weighted by atomic mass is 32.2. The van der Waals surface area contributed by atoms with E-state index >= 15 is 0 Å². The van der Waals surface area contributed by atoms with Crippen molar-refractivity contribution in [1.82, 2.24) is 14.4 Å². The summed E-state index contributed by atoms with van der Waals surface area (Å²) in [5.74, 6) is 0.337. The van der Waals surface area contributed by atoms with Gasteiger partial charge in [0.2, 0.25) is 10.0 Å². The number of aryl methyl sites for hydroxylation is 4. The lowest BCUT2D eigenvalue weighted by atomic mass is 10.00. The third-order valence-corrected chi connectivity index (χ3v) is 9.38. The minimum absolute atomic E-state index is 0.0309. The van der Waals surface area contributed by atoms with Crippen LogP contribution in [0.15, 0.2) is 15.5 Å². The van der Waals surface area contributed by atoms with Crippen LogP contribution in [0.2, 0.25) is 0 Å². The molecule has 0 N–H and O–H groups in total. The second-order valence-electron chi connectivity index (χ2n) is 8.18. The van der Waals surface area contributed by atoms with Crippen LogP contribution >= 0.6 is 11.3 Å². The highest BCUT2D eigenvalue weighted by molar-refractivity contribution is 7.89. The van der Waals surface area contributed by atoms with Crippen LogP contribution in [0.5, 0.6) is 0 Å². The number of aromatic nitrogens is 1. The smallest absolute Gasteiger partial charge is 0.263 e. The Morgan fingerprint density at radius 1 is 1.03 bits per heavy atom. The zero-order valence-corrected chi connectivity index (χ0v) is 19.3. The Hall–Kier alpha value is -1.71. The van der Waals surface area contributed by atoms with E-state index in [4.69, 9.17) is 4.52 Å². The molecule has 1 aliphatic carbocycles. The standard InChI is InChI=1S/C21H29N3O4S2/c1-15-20(16(2)28-22-15)30(26,27)24-11-7-10-23(12-13-24)21(25)19-14-17-8-5-3-4-6-9-18(17)29-19/h14H,3-13H2,1-2H3. The van der Waals surface area contributed by atoms with E-state index in [0.29, 0.717) is 37.5 Å². The van der Waals surface area contributed by atoms with Gasteiger partial charge in [-0.25, -0.2) is 8.42 Å². The number of fused-ring (bicyclic) bond motifs is 1. The number of amides is 1. The number of rotatable bonds is 3. The number of hydrogen-bond acceptors (Lipinski definition) is 6. The maximum Gasteiger partial charge on any atom is 0.263 e. The second kappa shape index (κ2) is 8.80. The van der Waals surface area contributed by atoms with Crippen molar-refractivity contribution in [1.29, 1.82) is 0 Å². The Bertz CT molecular complexity index is 980. The van der Waals surface area contributed by atoms with Gasteiger partial charge in [0.05, 0.1) is 4.88 Å². The van der Waals surface area contributed by atoms with Crippen LogP contribution in [0.1, 0.15) is 63.7 Å². The first-order valence-corrected chi connectivity index (χ1v) is 13.0. The molecule has 0 radical (unpaired) electrons. The van der Waals surface area contributed by atoms with E-state index in [1.807, 2.05) is 4.90 Å². The van der Waals surface area contributed by atoms with Gasteiger partial charge in [0, 0.05) is 31.1 Å². The van der Waals surface area contributed by atoms with Gasteiger partial charge in [-0.15, -0.1) is 11.3 Å². The van der Waals surface area contributed by atoms with Crippen molar-refractivity contribution in [3.05, 3.63) is 32.8 Å². The summed E-state index contributed by atoms with van der Waals surface area (Å²) in [4.78, 5) is 17.3. The van der Waals surface area contributed by atoms with E-state index in [2.05, 4.69) is 11.2 Å². The molecule has 0 unspecified atom stereocenters. The van der Waals surface area contributed by atoms with Gasteiger partial charge >= 0.3 is 0 Å². The van der Waals surface area contributed by atoms with E-state index in [0.717, 1.165) is 17.7 Å². The molecule has 1 amide bonds. The average Bonchev–Trinajstić information content (AvgIpc) is 3.13. The summed E-state index contributed by atoms with van der Waals surface area (Å²) >= 11 is 1.63. The summed E-state index contributed by atoms with van der Waals surface area (Å²) < 4.78 is 32.7. The van der Waals surface area contributed by atoms with Crippen molar-refractivity contribution in [2.45, 2.75) is 63.7 Å².